The number of likely N-dealkylation sites (N-methyl/N-ethyl adjacent to an activating group) is 1. The van der Waals surface area contributed by atoms with Gasteiger partial charge in [0.15, 0.2) is 11.6 Å². The zero-order valence-corrected chi connectivity index (χ0v) is 14.3. The van der Waals surface area contributed by atoms with Crippen molar-refractivity contribution in [2.45, 2.75) is 12.8 Å². The molecule has 0 fully saturated rings. The maximum Gasteiger partial charge on any atom is 0.244 e. The summed E-state index contributed by atoms with van der Waals surface area (Å²) in [6.07, 6.45) is 0.341. The summed E-state index contributed by atoms with van der Waals surface area (Å²) in [5, 5.41) is 3.03. The molecule has 1 N–H and O–H groups in total. The molecule has 132 valence electrons. The Morgan fingerprint density at radius 1 is 1.12 bits per heavy atom. The molecule has 0 aromatic heterocycles. The van der Waals surface area contributed by atoms with Crippen molar-refractivity contribution in [3.05, 3.63) is 64.7 Å². The fourth-order valence-electron chi connectivity index (χ4n) is 2.19. The molecule has 0 aliphatic carbocycles. The number of hydrogen-bond acceptors (Lipinski definition) is 2. The smallest absolute Gasteiger partial charge is 0.244 e. The van der Waals surface area contributed by atoms with Crippen molar-refractivity contribution in [1.29, 1.82) is 0 Å². The summed E-state index contributed by atoms with van der Waals surface area (Å²) in [6, 6.07) is 10.3. The lowest BCUT2D eigenvalue weighted by Crippen LogP contribution is -2.35. The van der Waals surface area contributed by atoms with Crippen LogP contribution in [-0.4, -0.2) is 30.3 Å². The van der Waals surface area contributed by atoms with Gasteiger partial charge in [-0.05, 0) is 36.2 Å². The number of carbonyl (C=O) groups is 2. The Balaban J connectivity index is 1.84. The lowest BCUT2D eigenvalue weighted by atomic mass is 10.1. The van der Waals surface area contributed by atoms with E-state index in [1.807, 2.05) is 0 Å². The summed E-state index contributed by atoms with van der Waals surface area (Å²) < 4.78 is 26.0. The van der Waals surface area contributed by atoms with Gasteiger partial charge in [0.25, 0.3) is 0 Å². The lowest BCUT2D eigenvalue weighted by Gasteiger charge is -2.17. The number of benzene rings is 2. The zero-order valence-electron chi connectivity index (χ0n) is 13.6. The van der Waals surface area contributed by atoms with E-state index in [0.29, 0.717) is 16.3 Å². The van der Waals surface area contributed by atoms with Crippen LogP contribution in [0.4, 0.5) is 14.5 Å². The predicted octanol–water partition coefficient (Wildman–Crippen LogP) is 3.65. The van der Waals surface area contributed by atoms with E-state index in [2.05, 4.69) is 5.32 Å². The molecule has 0 saturated heterocycles. The molecule has 0 spiro atoms. The minimum atomic E-state index is -0.947. The molecule has 0 heterocycles. The second-order valence-corrected chi connectivity index (χ2v) is 5.93. The van der Waals surface area contributed by atoms with Crippen molar-refractivity contribution in [2.24, 2.45) is 0 Å². The molecule has 2 aromatic rings. The number of carbonyl (C=O) groups excluding carboxylic acids is 2. The van der Waals surface area contributed by atoms with E-state index in [4.69, 9.17) is 11.6 Å². The molecular formula is C18H17ClF2N2O2. The highest BCUT2D eigenvalue weighted by molar-refractivity contribution is 6.33. The maximum atomic E-state index is 13.1. The number of nitrogens with one attached hydrogen (secondary N) is 1. The van der Waals surface area contributed by atoms with Crippen molar-refractivity contribution < 1.29 is 18.4 Å². The van der Waals surface area contributed by atoms with Gasteiger partial charge in [-0.2, -0.15) is 0 Å². The van der Waals surface area contributed by atoms with Crippen LogP contribution in [0, 0.1) is 11.6 Å². The first kappa shape index (κ1) is 18.9. The first-order valence-electron chi connectivity index (χ1n) is 7.59. The first-order valence-corrected chi connectivity index (χ1v) is 7.97. The molecule has 0 saturated carbocycles. The van der Waals surface area contributed by atoms with Gasteiger partial charge in [-0.15, -0.1) is 0 Å². The van der Waals surface area contributed by atoms with Gasteiger partial charge in [0.05, 0.1) is 17.3 Å². The van der Waals surface area contributed by atoms with Crippen molar-refractivity contribution in [3.63, 3.8) is 0 Å². The number of amides is 2. The number of halogens is 3. The van der Waals surface area contributed by atoms with Crippen molar-refractivity contribution in [2.75, 3.05) is 18.9 Å². The molecule has 0 atom stereocenters. The van der Waals surface area contributed by atoms with E-state index in [1.54, 1.807) is 24.3 Å². The third-order valence-electron chi connectivity index (χ3n) is 3.57. The summed E-state index contributed by atoms with van der Waals surface area (Å²) in [5.41, 5.74) is 0.984. The van der Waals surface area contributed by atoms with E-state index in [9.17, 15) is 18.4 Å². The fraction of sp³-hybridized carbons (Fsp3) is 0.222. The topological polar surface area (TPSA) is 49.4 Å². The number of anilines is 1. The Labute approximate surface area is 149 Å². The number of para-hydroxylation sites is 1. The first-order chi connectivity index (χ1) is 11.9. The minimum Gasteiger partial charge on any atom is -0.336 e. The Bertz CT molecular complexity index is 783. The molecule has 7 heteroatoms. The monoisotopic (exact) mass is 366 g/mol. The van der Waals surface area contributed by atoms with Crippen LogP contribution in [0.2, 0.25) is 5.02 Å². The second-order valence-electron chi connectivity index (χ2n) is 5.53. The van der Waals surface area contributed by atoms with E-state index < -0.39 is 11.6 Å². The summed E-state index contributed by atoms with van der Waals surface area (Å²) >= 11 is 5.96. The van der Waals surface area contributed by atoms with Crippen molar-refractivity contribution >= 4 is 29.1 Å². The summed E-state index contributed by atoms with van der Waals surface area (Å²) in [4.78, 5) is 25.3. The molecule has 4 nitrogen and oxygen atoms in total. The van der Waals surface area contributed by atoms with Gasteiger partial charge in [0.2, 0.25) is 11.8 Å². The van der Waals surface area contributed by atoms with Crippen LogP contribution < -0.4 is 5.32 Å². The van der Waals surface area contributed by atoms with E-state index in [1.165, 1.54) is 18.0 Å². The van der Waals surface area contributed by atoms with Crippen molar-refractivity contribution in [3.8, 4) is 0 Å². The highest BCUT2D eigenvalue weighted by atomic mass is 35.5. The molecule has 0 unspecified atom stereocenters. The van der Waals surface area contributed by atoms with Crippen LogP contribution >= 0.6 is 11.6 Å². The Morgan fingerprint density at radius 3 is 2.52 bits per heavy atom. The maximum absolute atomic E-state index is 13.1. The van der Waals surface area contributed by atoms with Gasteiger partial charge in [-0.25, -0.2) is 8.78 Å². The number of aryl methyl sites for hydroxylation is 1. The van der Waals surface area contributed by atoms with E-state index in [-0.39, 0.29) is 31.2 Å². The molecule has 0 bridgehead atoms. The standard InChI is InChI=1S/C18H17ClF2N2O2/c1-23(11-17(24)22-16-5-3-2-4-13(16)19)18(25)9-7-12-6-8-14(20)15(21)10-12/h2-6,8,10H,7,9,11H2,1H3,(H,22,24). The van der Waals surface area contributed by atoms with Gasteiger partial charge >= 0.3 is 0 Å². The average Bonchev–Trinajstić information content (AvgIpc) is 2.57. The van der Waals surface area contributed by atoms with Crippen LogP contribution in [0.25, 0.3) is 0 Å². The van der Waals surface area contributed by atoms with Gasteiger partial charge < -0.3 is 10.2 Å². The molecule has 25 heavy (non-hydrogen) atoms. The highest BCUT2D eigenvalue weighted by Crippen LogP contribution is 2.20. The fourth-order valence-corrected chi connectivity index (χ4v) is 2.38. The molecule has 2 amide bonds. The SMILES string of the molecule is CN(CC(=O)Nc1ccccc1Cl)C(=O)CCc1ccc(F)c(F)c1. The molecule has 0 aliphatic heterocycles. The lowest BCUT2D eigenvalue weighted by molar-refractivity contribution is -0.133. The number of rotatable bonds is 6. The van der Waals surface area contributed by atoms with Crippen LogP contribution in [-0.2, 0) is 16.0 Å². The predicted molar refractivity (Wildman–Crippen MR) is 92.4 cm³/mol. The Hall–Kier alpha value is -2.47. The van der Waals surface area contributed by atoms with Crippen molar-refractivity contribution in [1.82, 2.24) is 4.90 Å². The van der Waals surface area contributed by atoms with Gasteiger partial charge in [0.1, 0.15) is 0 Å². The second kappa shape index (κ2) is 8.58. The molecule has 0 aliphatic rings. The van der Waals surface area contributed by atoms with Gasteiger partial charge in [-0.3, -0.25) is 9.59 Å². The van der Waals surface area contributed by atoms with Crippen LogP contribution in [0.3, 0.4) is 0 Å². The molecule has 2 rings (SSSR count). The van der Waals surface area contributed by atoms with Gasteiger partial charge in [-0.1, -0.05) is 29.8 Å². The van der Waals surface area contributed by atoms with Crippen LogP contribution in [0.5, 0.6) is 0 Å². The molecule has 0 radical (unpaired) electrons. The largest absolute Gasteiger partial charge is 0.336 e. The third kappa shape index (κ3) is 5.53. The molecular weight excluding hydrogens is 350 g/mol. The zero-order chi connectivity index (χ0) is 18.4. The number of hydrogen-bond donors (Lipinski definition) is 1. The Morgan fingerprint density at radius 2 is 1.84 bits per heavy atom. The van der Waals surface area contributed by atoms with Gasteiger partial charge in [0, 0.05) is 13.5 Å². The molecule has 2 aromatic carbocycles. The normalized spacial score (nSPS) is 10.4. The minimum absolute atomic E-state index is 0.0843. The Kier molecular flexibility index (Phi) is 6.47. The average molecular weight is 367 g/mol. The third-order valence-corrected chi connectivity index (χ3v) is 3.90. The quantitative estimate of drug-likeness (QED) is 0.848. The van der Waals surface area contributed by atoms with Crippen LogP contribution in [0.1, 0.15) is 12.0 Å². The highest BCUT2D eigenvalue weighted by Gasteiger charge is 2.14. The van der Waals surface area contributed by atoms with E-state index >= 15 is 0 Å². The summed E-state index contributed by atoms with van der Waals surface area (Å²) in [6.45, 7) is -0.137. The van der Waals surface area contributed by atoms with Crippen LogP contribution in [0.15, 0.2) is 42.5 Å². The summed E-state index contributed by atoms with van der Waals surface area (Å²) in [5.74, 6) is -2.53. The van der Waals surface area contributed by atoms with E-state index in [0.717, 1.165) is 12.1 Å². The summed E-state index contributed by atoms with van der Waals surface area (Å²) in [7, 11) is 1.50. The number of nitrogens with zero attached hydrogens (tertiary/aromatic N) is 1.